The minimum atomic E-state index is -4.98. The van der Waals surface area contributed by atoms with Crippen LogP contribution >= 0.6 is 12.2 Å². The minimum Gasteiger partial charge on any atom is -0.332 e. The summed E-state index contributed by atoms with van der Waals surface area (Å²) in [4.78, 5) is 11.5. The summed E-state index contributed by atoms with van der Waals surface area (Å²) in [5.41, 5.74) is -1.25. The number of para-hydroxylation sites is 2. The molecule has 0 heterocycles. The van der Waals surface area contributed by atoms with Gasteiger partial charge in [0.1, 0.15) is 0 Å². The van der Waals surface area contributed by atoms with E-state index in [2.05, 4.69) is 16.0 Å². The van der Waals surface area contributed by atoms with Gasteiger partial charge < -0.3 is 16.0 Å². The van der Waals surface area contributed by atoms with Crippen LogP contribution in [0.15, 0.2) is 66.7 Å². The van der Waals surface area contributed by atoms with E-state index in [4.69, 9.17) is 12.2 Å². The molecule has 3 N–H and O–H groups in total. The van der Waals surface area contributed by atoms with Crippen molar-refractivity contribution in [2.45, 2.75) is 19.3 Å². The Balaban J connectivity index is 1.91. The summed E-state index contributed by atoms with van der Waals surface area (Å²) >= 11 is 5.15. The number of benzene rings is 3. The van der Waals surface area contributed by atoms with E-state index < -0.39 is 29.2 Å². The van der Waals surface area contributed by atoms with Crippen molar-refractivity contribution in [1.82, 2.24) is 0 Å². The average molecular weight is 497 g/mol. The van der Waals surface area contributed by atoms with Crippen LogP contribution in [0.4, 0.5) is 43.4 Å². The Hall–Kier alpha value is -3.60. The fourth-order valence-corrected chi connectivity index (χ4v) is 3.38. The summed E-state index contributed by atoms with van der Waals surface area (Å²) in [7, 11) is 0. The van der Waals surface area contributed by atoms with Crippen LogP contribution < -0.4 is 16.0 Å². The fraction of sp³-hybridized carbons (Fsp3) is 0.130. The topological polar surface area (TPSA) is 53.2 Å². The van der Waals surface area contributed by atoms with E-state index in [9.17, 15) is 31.1 Å². The van der Waals surface area contributed by atoms with Gasteiger partial charge in [0.15, 0.2) is 5.11 Å². The molecule has 0 fully saturated rings. The standard InChI is InChI=1S/C23H17F6N3OS/c1-13(33)30-19-8-4-2-6-17(19)18-7-3-5-9-20(18)32-21(34)31-16-11-14(22(24,25)26)10-15(12-16)23(27,28)29/h2-12H,1H3,(H,30,33)(H2,31,32,34). The monoisotopic (exact) mass is 497 g/mol. The Morgan fingerprint density at radius 3 is 1.59 bits per heavy atom. The van der Waals surface area contributed by atoms with Crippen LogP contribution in [-0.2, 0) is 17.1 Å². The van der Waals surface area contributed by atoms with Crippen molar-refractivity contribution < 1.29 is 31.1 Å². The van der Waals surface area contributed by atoms with Gasteiger partial charge in [-0.05, 0) is 42.5 Å². The van der Waals surface area contributed by atoms with Crippen LogP contribution in [0.1, 0.15) is 18.1 Å². The molecule has 0 aliphatic carbocycles. The number of thiocarbonyl (C=S) groups is 1. The van der Waals surface area contributed by atoms with Crippen molar-refractivity contribution >= 4 is 40.3 Å². The quantitative estimate of drug-likeness (QED) is 0.265. The van der Waals surface area contributed by atoms with Gasteiger partial charge in [-0.1, -0.05) is 36.4 Å². The van der Waals surface area contributed by atoms with E-state index >= 15 is 0 Å². The summed E-state index contributed by atoms with van der Waals surface area (Å²) in [6.45, 7) is 1.35. The van der Waals surface area contributed by atoms with Crippen molar-refractivity contribution in [2.24, 2.45) is 0 Å². The van der Waals surface area contributed by atoms with Crippen LogP contribution in [0.3, 0.4) is 0 Å². The smallest absolute Gasteiger partial charge is 0.332 e. The van der Waals surface area contributed by atoms with Gasteiger partial charge in [-0.25, -0.2) is 0 Å². The Labute approximate surface area is 196 Å². The highest BCUT2D eigenvalue weighted by Gasteiger charge is 2.37. The van der Waals surface area contributed by atoms with Crippen LogP contribution in [-0.4, -0.2) is 11.0 Å². The fourth-order valence-electron chi connectivity index (χ4n) is 3.16. The second-order valence-corrected chi connectivity index (χ2v) is 7.55. The second kappa shape index (κ2) is 9.72. The van der Waals surface area contributed by atoms with Crippen LogP contribution in [0, 0.1) is 0 Å². The van der Waals surface area contributed by atoms with E-state index in [1.54, 1.807) is 48.5 Å². The number of rotatable bonds is 4. The molecule has 4 nitrogen and oxygen atoms in total. The third-order valence-corrected chi connectivity index (χ3v) is 4.75. The lowest BCUT2D eigenvalue weighted by Gasteiger charge is -2.18. The molecule has 0 atom stereocenters. The SMILES string of the molecule is CC(=O)Nc1ccccc1-c1ccccc1NC(=S)Nc1cc(C(F)(F)F)cc(C(F)(F)F)c1. The van der Waals surface area contributed by atoms with Gasteiger partial charge in [0.05, 0.1) is 11.1 Å². The first-order chi connectivity index (χ1) is 15.8. The van der Waals surface area contributed by atoms with Crippen LogP contribution in [0.25, 0.3) is 11.1 Å². The van der Waals surface area contributed by atoms with Crippen LogP contribution in [0.5, 0.6) is 0 Å². The predicted octanol–water partition coefficient (Wildman–Crippen LogP) is 7.16. The van der Waals surface area contributed by atoms with Crippen molar-refractivity contribution in [2.75, 3.05) is 16.0 Å². The first kappa shape index (κ1) is 25.0. The molecule has 0 aliphatic rings. The number of amides is 1. The number of alkyl halides is 6. The van der Waals surface area contributed by atoms with Gasteiger partial charge in [-0.15, -0.1) is 0 Å². The molecule has 3 aromatic rings. The lowest BCUT2D eigenvalue weighted by atomic mass is 10.0. The van der Waals surface area contributed by atoms with Gasteiger partial charge >= 0.3 is 12.4 Å². The maximum absolute atomic E-state index is 13.1. The van der Waals surface area contributed by atoms with E-state index in [-0.39, 0.29) is 17.1 Å². The highest BCUT2D eigenvalue weighted by molar-refractivity contribution is 7.80. The molecular formula is C23H17F6N3OS. The molecule has 0 aliphatic heterocycles. The van der Waals surface area contributed by atoms with E-state index in [0.29, 0.717) is 34.6 Å². The normalized spacial score (nSPS) is 11.6. The Kier molecular flexibility index (Phi) is 7.15. The third kappa shape index (κ3) is 6.25. The Bertz CT molecular complexity index is 1190. The number of hydrogen-bond donors (Lipinski definition) is 3. The third-order valence-electron chi connectivity index (χ3n) is 4.55. The Morgan fingerprint density at radius 2 is 1.15 bits per heavy atom. The molecule has 0 aromatic heterocycles. The summed E-state index contributed by atoms with van der Waals surface area (Å²) in [6, 6.07) is 14.8. The van der Waals surface area contributed by atoms with Gasteiger partial charge in [0.25, 0.3) is 0 Å². The lowest BCUT2D eigenvalue weighted by molar-refractivity contribution is -0.143. The summed E-state index contributed by atoms with van der Waals surface area (Å²) in [6.07, 6.45) is -9.96. The summed E-state index contributed by atoms with van der Waals surface area (Å²) in [5, 5.41) is 7.67. The molecule has 0 saturated carbocycles. The first-order valence-electron chi connectivity index (χ1n) is 9.68. The lowest BCUT2D eigenvalue weighted by Crippen LogP contribution is -2.21. The summed E-state index contributed by atoms with van der Waals surface area (Å²) < 4.78 is 78.7. The van der Waals surface area contributed by atoms with Crippen molar-refractivity contribution in [3.63, 3.8) is 0 Å². The van der Waals surface area contributed by atoms with Gasteiger partial charge in [-0.2, -0.15) is 26.3 Å². The Morgan fingerprint density at radius 1 is 0.706 bits per heavy atom. The molecule has 3 rings (SSSR count). The van der Waals surface area contributed by atoms with Crippen molar-refractivity contribution in [3.05, 3.63) is 77.9 Å². The van der Waals surface area contributed by atoms with E-state index in [1.807, 2.05) is 0 Å². The van der Waals surface area contributed by atoms with Gasteiger partial charge in [0.2, 0.25) is 5.91 Å². The minimum absolute atomic E-state index is 0.0376. The van der Waals surface area contributed by atoms with Gasteiger partial charge in [-0.3, -0.25) is 4.79 Å². The van der Waals surface area contributed by atoms with Gasteiger partial charge in [0, 0.05) is 35.1 Å². The first-order valence-corrected chi connectivity index (χ1v) is 10.1. The zero-order chi connectivity index (χ0) is 25.1. The van der Waals surface area contributed by atoms with E-state index in [1.165, 1.54) is 6.92 Å². The molecule has 3 aromatic carbocycles. The molecule has 11 heteroatoms. The number of carbonyl (C=O) groups is 1. The molecule has 34 heavy (non-hydrogen) atoms. The van der Waals surface area contributed by atoms with Crippen molar-refractivity contribution in [3.8, 4) is 11.1 Å². The molecule has 0 spiro atoms. The number of hydrogen-bond acceptors (Lipinski definition) is 2. The molecule has 178 valence electrons. The zero-order valence-electron chi connectivity index (χ0n) is 17.4. The number of halogens is 6. The molecule has 0 unspecified atom stereocenters. The summed E-state index contributed by atoms with van der Waals surface area (Å²) in [5.74, 6) is -0.292. The number of carbonyl (C=O) groups excluding carboxylic acids is 1. The number of nitrogens with one attached hydrogen (secondary N) is 3. The molecule has 0 radical (unpaired) electrons. The largest absolute Gasteiger partial charge is 0.416 e. The molecule has 0 bridgehead atoms. The highest BCUT2D eigenvalue weighted by Crippen LogP contribution is 2.38. The molecule has 0 saturated heterocycles. The predicted molar refractivity (Wildman–Crippen MR) is 122 cm³/mol. The average Bonchev–Trinajstić information content (AvgIpc) is 2.73. The number of anilines is 3. The second-order valence-electron chi connectivity index (χ2n) is 7.15. The van der Waals surface area contributed by atoms with E-state index in [0.717, 1.165) is 0 Å². The van der Waals surface area contributed by atoms with Crippen molar-refractivity contribution in [1.29, 1.82) is 0 Å². The molecule has 1 amide bonds. The zero-order valence-corrected chi connectivity index (χ0v) is 18.3. The van der Waals surface area contributed by atoms with Crippen LogP contribution in [0.2, 0.25) is 0 Å². The maximum Gasteiger partial charge on any atom is 0.416 e. The highest BCUT2D eigenvalue weighted by atomic mass is 32.1. The molecular weight excluding hydrogens is 480 g/mol. The maximum atomic E-state index is 13.1.